The molecule has 0 aromatic heterocycles. The third-order valence-corrected chi connectivity index (χ3v) is 4.12. The van der Waals surface area contributed by atoms with Gasteiger partial charge in [-0.05, 0) is 25.3 Å². The van der Waals surface area contributed by atoms with Crippen LogP contribution in [-0.2, 0) is 20.9 Å². The monoisotopic (exact) mass is 359 g/mol. The third-order valence-electron chi connectivity index (χ3n) is 4.12. The highest BCUT2D eigenvalue weighted by Crippen LogP contribution is 2.16. The molecule has 0 saturated carbocycles. The van der Waals surface area contributed by atoms with Crippen molar-refractivity contribution in [1.29, 1.82) is 0 Å². The molecule has 2 rings (SSSR count). The van der Waals surface area contributed by atoms with Crippen molar-refractivity contribution in [2.24, 2.45) is 5.92 Å². The van der Waals surface area contributed by atoms with E-state index in [0.29, 0.717) is 6.54 Å². The minimum absolute atomic E-state index is 0.0385. The predicted molar refractivity (Wildman–Crippen MR) is 95.8 cm³/mol. The van der Waals surface area contributed by atoms with E-state index < -0.39 is 24.4 Å². The molecule has 26 heavy (non-hydrogen) atoms. The molecule has 0 bridgehead atoms. The van der Waals surface area contributed by atoms with Crippen molar-refractivity contribution in [2.75, 3.05) is 13.1 Å². The summed E-state index contributed by atoms with van der Waals surface area (Å²) >= 11 is 0. The Morgan fingerprint density at radius 1 is 0.962 bits per heavy atom. The van der Waals surface area contributed by atoms with Crippen LogP contribution < -0.4 is 0 Å². The van der Waals surface area contributed by atoms with Crippen molar-refractivity contribution >= 4 is 23.8 Å². The number of imide groups is 2. The summed E-state index contributed by atoms with van der Waals surface area (Å²) in [6.07, 6.45) is 0. The van der Waals surface area contributed by atoms with Crippen LogP contribution in [0.2, 0.25) is 0 Å². The first-order valence-corrected chi connectivity index (χ1v) is 8.73. The molecule has 7 nitrogen and oxygen atoms in total. The van der Waals surface area contributed by atoms with E-state index in [1.165, 1.54) is 0 Å². The van der Waals surface area contributed by atoms with E-state index in [1.54, 1.807) is 4.90 Å². The van der Waals surface area contributed by atoms with Gasteiger partial charge in [-0.1, -0.05) is 44.2 Å². The summed E-state index contributed by atoms with van der Waals surface area (Å²) in [6, 6.07) is 8.64. The van der Waals surface area contributed by atoms with Crippen LogP contribution in [0.15, 0.2) is 30.3 Å². The lowest BCUT2D eigenvalue weighted by Crippen LogP contribution is -2.45. The van der Waals surface area contributed by atoms with Crippen molar-refractivity contribution in [3.63, 3.8) is 0 Å². The molecule has 7 heteroatoms. The largest absolute Gasteiger partial charge is 0.334 e. The third kappa shape index (κ3) is 4.28. The molecule has 1 aliphatic heterocycles. The Kier molecular flexibility index (Phi) is 6.13. The predicted octanol–water partition coefficient (Wildman–Crippen LogP) is 1.87. The van der Waals surface area contributed by atoms with E-state index in [9.17, 15) is 19.2 Å². The molecular formula is C19H25N3O4. The Morgan fingerprint density at radius 2 is 1.54 bits per heavy atom. The van der Waals surface area contributed by atoms with Gasteiger partial charge in [0.05, 0.1) is 0 Å². The number of amides is 5. The fourth-order valence-corrected chi connectivity index (χ4v) is 2.78. The number of nitrogens with zero attached hydrogens (tertiary/aromatic N) is 3. The minimum atomic E-state index is -0.938. The smallest absolute Gasteiger partial charge is 0.334 e. The zero-order valence-electron chi connectivity index (χ0n) is 15.6. The van der Waals surface area contributed by atoms with Crippen LogP contribution in [0.5, 0.6) is 0 Å². The second-order valence-corrected chi connectivity index (χ2v) is 7.08. The molecule has 140 valence electrons. The minimum Gasteiger partial charge on any atom is -0.334 e. The van der Waals surface area contributed by atoms with Crippen molar-refractivity contribution in [2.45, 2.75) is 40.3 Å². The number of urea groups is 1. The Labute approximate surface area is 153 Å². The topological polar surface area (TPSA) is 78.0 Å². The molecule has 1 saturated heterocycles. The molecular weight excluding hydrogens is 334 g/mol. The van der Waals surface area contributed by atoms with E-state index in [-0.39, 0.29) is 24.4 Å². The highest BCUT2D eigenvalue weighted by Gasteiger charge is 2.45. The molecule has 5 amide bonds. The lowest BCUT2D eigenvalue weighted by atomic mass is 10.2. The summed E-state index contributed by atoms with van der Waals surface area (Å²) in [5, 5.41) is 0. The standard InChI is InChI=1S/C19H25N3O4/c1-13(2)10-21-17(24)18(25)22(19(21)26)12-16(23)20(14(3)4)11-15-8-6-5-7-9-15/h5-9,13-14H,10-12H2,1-4H3. The van der Waals surface area contributed by atoms with E-state index in [2.05, 4.69) is 0 Å². The van der Waals surface area contributed by atoms with Crippen molar-refractivity contribution in [3.05, 3.63) is 35.9 Å². The van der Waals surface area contributed by atoms with Crippen LogP contribution in [0, 0.1) is 5.92 Å². The first-order chi connectivity index (χ1) is 12.2. The lowest BCUT2D eigenvalue weighted by molar-refractivity contribution is -0.145. The second-order valence-electron chi connectivity index (χ2n) is 7.08. The van der Waals surface area contributed by atoms with Gasteiger partial charge in [0.2, 0.25) is 5.91 Å². The van der Waals surface area contributed by atoms with E-state index in [4.69, 9.17) is 0 Å². The Balaban J connectivity index is 2.12. The molecule has 1 fully saturated rings. The number of benzene rings is 1. The van der Waals surface area contributed by atoms with Gasteiger partial charge in [-0.3, -0.25) is 19.3 Å². The van der Waals surface area contributed by atoms with Gasteiger partial charge in [0.25, 0.3) is 0 Å². The fraction of sp³-hybridized carbons (Fsp3) is 0.474. The van der Waals surface area contributed by atoms with Gasteiger partial charge in [-0.25, -0.2) is 9.69 Å². The normalized spacial score (nSPS) is 14.8. The van der Waals surface area contributed by atoms with Gasteiger partial charge < -0.3 is 4.90 Å². The first kappa shape index (κ1) is 19.6. The van der Waals surface area contributed by atoms with Gasteiger partial charge in [0, 0.05) is 19.1 Å². The number of hydrogen-bond donors (Lipinski definition) is 0. The van der Waals surface area contributed by atoms with Crippen molar-refractivity contribution in [3.8, 4) is 0 Å². The second kappa shape index (κ2) is 8.12. The summed E-state index contributed by atoms with van der Waals surface area (Å²) in [6.45, 7) is 7.53. The highest BCUT2D eigenvalue weighted by molar-refractivity contribution is 6.45. The Bertz CT molecular complexity index is 700. The lowest BCUT2D eigenvalue weighted by Gasteiger charge is -2.28. The molecule has 1 heterocycles. The number of carbonyl (C=O) groups is 4. The van der Waals surface area contributed by atoms with E-state index in [1.807, 2.05) is 58.0 Å². The zero-order chi connectivity index (χ0) is 19.4. The van der Waals surface area contributed by atoms with Crippen LogP contribution in [0.3, 0.4) is 0 Å². The molecule has 0 spiro atoms. The van der Waals surface area contributed by atoms with Gasteiger partial charge in [-0.15, -0.1) is 0 Å². The van der Waals surface area contributed by atoms with E-state index >= 15 is 0 Å². The van der Waals surface area contributed by atoms with Crippen LogP contribution in [-0.4, -0.2) is 57.6 Å². The van der Waals surface area contributed by atoms with Crippen LogP contribution >= 0.6 is 0 Å². The summed E-state index contributed by atoms with van der Waals surface area (Å²) in [7, 11) is 0. The van der Waals surface area contributed by atoms with Gasteiger partial charge in [0.1, 0.15) is 6.54 Å². The summed E-state index contributed by atoms with van der Waals surface area (Å²) < 4.78 is 0. The molecule has 0 atom stereocenters. The van der Waals surface area contributed by atoms with Crippen molar-refractivity contribution in [1.82, 2.24) is 14.7 Å². The maximum absolute atomic E-state index is 12.7. The maximum Gasteiger partial charge on any atom is 0.334 e. The van der Waals surface area contributed by atoms with Gasteiger partial charge >= 0.3 is 17.8 Å². The number of rotatable bonds is 7. The van der Waals surface area contributed by atoms with Crippen molar-refractivity contribution < 1.29 is 19.2 Å². The zero-order valence-corrected chi connectivity index (χ0v) is 15.6. The van der Waals surface area contributed by atoms with Gasteiger partial charge in [0.15, 0.2) is 0 Å². The van der Waals surface area contributed by atoms with E-state index in [0.717, 1.165) is 15.4 Å². The van der Waals surface area contributed by atoms with Gasteiger partial charge in [-0.2, -0.15) is 0 Å². The molecule has 1 aromatic rings. The summed E-state index contributed by atoms with van der Waals surface area (Å²) in [5.74, 6) is -2.13. The molecule has 0 radical (unpaired) electrons. The fourth-order valence-electron chi connectivity index (χ4n) is 2.78. The molecule has 1 aromatic carbocycles. The summed E-state index contributed by atoms with van der Waals surface area (Å²) in [4.78, 5) is 52.5. The average molecular weight is 359 g/mol. The Hall–Kier alpha value is -2.70. The molecule has 1 aliphatic rings. The maximum atomic E-state index is 12.7. The quantitative estimate of drug-likeness (QED) is 0.550. The number of carbonyl (C=O) groups excluding carboxylic acids is 4. The molecule has 0 unspecified atom stereocenters. The first-order valence-electron chi connectivity index (χ1n) is 8.73. The average Bonchev–Trinajstić information content (AvgIpc) is 2.78. The highest BCUT2D eigenvalue weighted by atomic mass is 16.2. The number of hydrogen-bond acceptors (Lipinski definition) is 4. The van der Waals surface area contributed by atoms with Crippen LogP contribution in [0.1, 0.15) is 33.3 Å². The summed E-state index contributed by atoms with van der Waals surface area (Å²) in [5.41, 5.74) is 0.950. The molecule has 0 aliphatic carbocycles. The Morgan fingerprint density at radius 3 is 2.08 bits per heavy atom. The van der Waals surface area contributed by atoms with Crippen LogP contribution in [0.25, 0.3) is 0 Å². The van der Waals surface area contributed by atoms with Crippen LogP contribution in [0.4, 0.5) is 4.79 Å². The molecule has 0 N–H and O–H groups in total. The SMILES string of the molecule is CC(C)CN1C(=O)C(=O)N(CC(=O)N(Cc2ccccc2)C(C)C)C1=O.